The molecule has 0 aliphatic carbocycles. The first kappa shape index (κ1) is 38.7. The largest absolute Gasteiger partial charge is 0.454 e. The van der Waals surface area contributed by atoms with Crippen LogP contribution in [0.4, 0.5) is 17.1 Å². The number of para-hydroxylation sites is 5. The normalized spacial score (nSPS) is 12.0. The van der Waals surface area contributed by atoms with Gasteiger partial charge >= 0.3 is 0 Å². The van der Waals surface area contributed by atoms with Crippen LogP contribution in [-0.2, 0) is 0 Å². The summed E-state index contributed by atoms with van der Waals surface area (Å²) >= 11 is 0. The lowest BCUT2D eigenvalue weighted by Crippen LogP contribution is -2.10. The minimum absolute atomic E-state index is 0.865. The molecule has 1 N–H and O–H groups in total. The number of aromatic nitrogens is 2. The zero-order valence-corrected chi connectivity index (χ0v) is 37.9. The summed E-state index contributed by atoms with van der Waals surface area (Å²) in [5.74, 6) is 0. The van der Waals surface area contributed by atoms with E-state index >= 15 is 0 Å². The van der Waals surface area contributed by atoms with Gasteiger partial charge in [0, 0.05) is 71.2 Å². The highest BCUT2D eigenvalue weighted by Crippen LogP contribution is 2.53. The summed E-state index contributed by atoms with van der Waals surface area (Å²) < 4.78 is 9.22. The monoisotopic (exact) mass is 891 g/mol. The number of H-pyrrole nitrogens is 1. The lowest BCUT2D eigenvalue weighted by Gasteiger charge is -2.26. The van der Waals surface area contributed by atoms with Crippen LogP contribution in [0.3, 0.4) is 0 Å². The molecule has 0 aliphatic heterocycles. The topological polar surface area (TPSA) is 36.6 Å². The van der Waals surface area contributed by atoms with Crippen LogP contribution in [0.25, 0.3) is 126 Å². The van der Waals surface area contributed by atoms with E-state index in [2.05, 4.69) is 251 Å². The lowest BCUT2D eigenvalue weighted by atomic mass is 9.89. The van der Waals surface area contributed by atoms with E-state index in [1.807, 2.05) is 6.07 Å². The van der Waals surface area contributed by atoms with Gasteiger partial charge in [-0.15, -0.1) is 0 Å². The van der Waals surface area contributed by atoms with Crippen molar-refractivity contribution >= 4 is 98.9 Å². The molecule has 326 valence electrons. The van der Waals surface area contributed by atoms with Crippen molar-refractivity contribution in [2.45, 2.75) is 0 Å². The summed E-state index contributed by atoms with van der Waals surface area (Å²) in [5, 5.41) is 9.61. The number of hydrogen-bond donors (Lipinski definition) is 1. The second kappa shape index (κ2) is 15.1. The third kappa shape index (κ3) is 5.59. The Labute approximate surface area is 402 Å². The van der Waals surface area contributed by atoms with Crippen molar-refractivity contribution < 1.29 is 4.42 Å². The van der Waals surface area contributed by atoms with Crippen molar-refractivity contribution in [2.75, 3.05) is 4.90 Å². The van der Waals surface area contributed by atoms with Crippen LogP contribution in [0.2, 0.25) is 0 Å². The van der Waals surface area contributed by atoms with Crippen LogP contribution in [0.1, 0.15) is 0 Å². The number of nitrogens with one attached hydrogen (secondary N) is 1. The maximum Gasteiger partial charge on any atom is 0.159 e. The second-order valence-electron chi connectivity index (χ2n) is 18.4. The zero-order chi connectivity index (χ0) is 45.9. The van der Waals surface area contributed by atoms with Crippen LogP contribution < -0.4 is 4.90 Å². The Morgan fingerprint density at radius 1 is 0.357 bits per heavy atom. The highest BCUT2D eigenvalue weighted by atomic mass is 16.3. The molecule has 70 heavy (non-hydrogen) atoms. The number of benzene rings is 11. The molecule has 0 fully saturated rings. The van der Waals surface area contributed by atoms with Gasteiger partial charge in [0.25, 0.3) is 0 Å². The van der Waals surface area contributed by atoms with Crippen molar-refractivity contribution in [1.82, 2.24) is 9.38 Å². The molecule has 15 rings (SSSR count). The molecule has 0 saturated heterocycles. The van der Waals surface area contributed by atoms with Gasteiger partial charge in [-0.25, -0.2) is 0 Å². The number of fused-ring (bicyclic) bond motifs is 12. The fourth-order valence-electron chi connectivity index (χ4n) is 11.7. The summed E-state index contributed by atoms with van der Waals surface area (Å²) in [6, 6.07) is 87.8. The molecule has 0 radical (unpaired) electrons. The molecule has 4 nitrogen and oxygen atoms in total. The Morgan fingerprint density at radius 2 is 0.943 bits per heavy atom. The predicted octanol–water partition coefficient (Wildman–Crippen LogP) is 18.5. The van der Waals surface area contributed by atoms with Gasteiger partial charge in [0.15, 0.2) is 5.58 Å². The molecule has 4 heterocycles. The van der Waals surface area contributed by atoms with Crippen molar-refractivity contribution in [1.29, 1.82) is 0 Å². The Bertz CT molecular complexity index is 4510. The van der Waals surface area contributed by atoms with Gasteiger partial charge in [0.2, 0.25) is 0 Å². The van der Waals surface area contributed by atoms with Crippen molar-refractivity contribution in [3.63, 3.8) is 0 Å². The van der Waals surface area contributed by atoms with Crippen LogP contribution in [0.15, 0.2) is 247 Å². The lowest BCUT2D eigenvalue weighted by molar-refractivity contribution is 0.669. The van der Waals surface area contributed by atoms with Crippen LogP contribution in [-0.4, -0.2) is 9.38 Å². The van der Waals surface area contributed by atoms with Crippen molar-refractivity contribution in [3.05, 3.63) is 243 Å². The molecular weight excluding hydrogens is 851 g/mol. The minimum Gasteiger partial charge on any atom is -0.454 e. The van der Waals surface area contributed by atoms with Gasteiger partial charge in [-0.2, -0.15) is 0 Å². The summed E-state index contributed by atoms with van der Waals surface area (Å²) in [5.41, 5.74) is 20.3. The second-order valence-corrected chi connectivity index (χ2v) is 18.4. The van der Waals surface area contributed by atoms with E-state index in [-0.39, 0.29) is 0 Å². The highest BCUT2D eigenvalue weighted by molar-refractivity contribution is 6.36. The maximum absolute atomic E-state index is 6.64. The number of aromatic amines is 1. The van der Waals surface area contributed by atoms with E-state index in [1.165, 1.54) is 82.2 Å². The van der Waals surface area contributed by atoms with Crippen LogP contribution in [0.5, 0.6) is 0 Å². The predicted molar refractivity (Wildman–Crippen MR) is 294 cm³/mol. The maximum atomic E-state index is 6.64. The number of rotatable bonds is 7. The minimum atomic E-state index is 0.865. The SMILES string of the molecule is c1ccc(-c2cccc3c2[nH]c2c(-c4ccccc4)c4c5cccc6c7cc(-c8cccc(N(c9ccccc9)c9cccc%10c9oc9ccccc9%10)c8)ccc7n(c4c(-c4ccccc4)c23)c65)cc1. The molecule has 0 atom stereocenters. The number of hydrogen-bond acceptors (Lipinski definition) is 2. The third-order valence-electron chi connectivity index (χ3n) is 14.6. The zero-order valence-electron chi connectivity index (χ0n) is 37.9. The van der Waals surface area contributed by atoms with E-state index in [4.69, 9.17) is 4.42 Å². The van der Waals surface area contributed by atoms with Crippen LogP contribution in [0, 0.1) is 0 Å². The fraction of sp³-hybridized carbons (Fsp3) is 0. The van der Waals surface area contributed by atoms with Crippen LogP contribution >= 0.6 is 0 Å². The first-order valence-corrected chi connectivity index (χ1v) is 24.0. The number of nitrogens with zero attached hydrogens (tertiary/aromatic N) is 2. The number of furan rings is 1. The Kier molecular flexibility index (Phi) is 8.33. The standard InChI is InChI=1S/C66H41N3O/c1-5-19-41(20-6-1)48-30-16-33-52-60-59(43-23-9-3-10-24-43)65-61(58(63(60)67-62(48)52)42-21-7-2-8-22-42)53-34-17-31-50-54-40-45(37-38-55(54)69(65)64(50)53)44-25-15-28-47(39-44)68(46-26-11-4-12-27-46)56-35-18-32-51-49-29-13-14-36-57(49)70-66(51)56/h1-40,67H. The summed E-state index contributed by atoms with van der Waals surface area (Å²) in [6.07, 6.45) is 0. The molecule has 0 unspecified atom stereocenters. The van der Waals surface area contributed by atoms with Gasteiger partial charge in [0.1, 0.15) is 5.58 Å². The van der Waals surface area contributed by atoms with Gasteiger partial charge in [0.05, 0.1) is 33.3 Å². The fourth-order valence-corrected chi connectivity index (χ4v) is 11.7. The smallest absolute Gasteiger partial charge is 0.159 e. The molecule has 0 aliphatic rings. The van der Waals surface area contributed by atoms with E-state index in [9.17, 15) is 0 Å². The molecule has 4 aromatic heterocycles. The van der Waals surface area contributed by atoms with E-state index < -0.39 is 0 Å². The van der Waals surface area contributed by atoms with Gasteiger partial charge < -0.3 is 18.7 Å². The molecule has 4 heteroatoms. The average molecular weight is 892 g/mol. The third-order valence-corrected chi connectivity index (χ3v) is 14.6. The van der Waals surface area contributed by atoms with Gasteiger partial charge in [-0.1, -0.05) is 194 Å². The molecule has 0 amide bonds. The summed E-state index contributed by atoms with van der Waals surface area (Å²) in [4.78, 5) is 6.42. The highest BCUT2D eigenvalue weighted by Gasteiger charge is 2.29. The summed E-state index contributed by atoms with van der Waals surface area (Å²) in [7, 11) is 0. The molecule has 15 aromatic rings. The van der Waals surface area contributed by atoms with Gasteiger partial charge in [-0.3, -0.25) is 0 Å². The Morgan fingerprint density at radius 3 is 1.74 bits per heavy atom. The molecule has 0 bridgehead atoms. The van der Waals surface area contributed by atoms with E-state index in [0.29, 0.717) is 0 Å². The molecular formula is C66H41N3O. The quantitative estimate of drug-likeness (QED) is 0.173. The van der Waals surface area contributed by atoms with E-state index in [0.717, 1.165) is 61.2 Å². The average Bonchev–Trinajstić information content (AvgIpc) is 4.20. The Balaban J connectivity index is 0.997. The first-order valence-electron chi connectivity index (χ1n) is 24.0. The first-order chi connectivity index (χ1) is 34.8. The summed E-state index contributed by atoms with van der Waals surface area (Å²) in [6.45, 7) is 0. The van der Waals surface area contributed by atoms with Crippen molar-refractivity contribution in [3.8, 4) is 44.5 Å². The van der Waals surface area contributed by atoms with Gasteiger partial charge in [-0.05, 0) is 76.3 Å². The van der Waals surface area contributed by atoms with E-state index in [1.54, 1.807) is 0 Å². The molecule has 0 spiro atoms. The molecule has 0 saturated carbocycles. The molecule has 11 aromatic carbocycles. The Hall–Kier alpha value is -9.38. The van der Waals surface area contributed by atoms with Crippen molar-refractivity contribution in [2.24, 2.45) is 0 Å². The number of anilines is 3.